The summed E-state index contributed by atoms with van der Waals surface area (Å²) in [4.78, 5) is 0. The van der Waals surface area contributed by atoms with Crippen molar-refractivity contribution in [1.82, 2.24) is 0 Å². The molecule has 0 aromatic carbocycles. The molecule has 0 aromatic heterocycles. The van der Waals surface area contributed by atoms with Crippen LogP contribution in [0, 0.1) is 5.92 Å². The van der Waals surface area contributed by atoms with Crippen LogP contribution in [0.15, 0.2) is 12.7 Å². The summed E-state index contributed by atoms with van der Waals surface area (Å²) in [6, 6.07) is 0. The number of hydrogen-bond donors (Lipinski definition) is 0. The average molecular weight is 154 g/mol. The van der Waals surface area contributed by atoms with Gasteiger partial charge < -0.3 is 0 Å². The summed E-state index contributed by atoms with van der Waals surface area (Å²) >= 11 is 0. The Balaban J connectivity index is 3.13. The molecule has 0 fully saturated rings. The standard InChI is InChI=1S/C11H22/c1-4-7-8-9-10-11(5-2)6-3/h4,11H,1,5-10H2,2-3H3. The van der Waals surface area contributed by atoms with E-state index in [0.29, 0.717) is 0 Å². The van der Waals surface area contributed by atoms with Crippen LogP contribution in [0.5, 0.6) is 0 Å². The Hall–Kier alpha value is -0.260. The lowest BCUT2D eigenvalue weighted by Gasteiger charge is -2.10. The van der Waals surface area contributed by atoms with Gasteiger partial charge in [0.05, 0.1) is 0 Å². The molecule has 0 heteroatoms. The maximum absolute atomic E-state index is 3.72. The first-order valence-corrected chi connectivity index (χ1v) is 4.96. The van der Waals surface area contributed by atoms with Gasteiger partial charge in [0.25, 0.3) is 0 Å². The SMILES string of the molecule is C=CCCCCC(CC)CC. The van der Waals surface area contributed by atoms with Crippen molar-refractivity contribution in [2.45, 2.75) is 52.4 Å². The Labute approximate surface area is 71.7 Å². The molecule has 0 saturated carbocycles. The summed E-state index contributed by atoms with van der Waals surface area (Å²) in [5.74, 6) is 0.972. The van der Waals surface area contributed by atoms with Crippen molar-refractivity contribution in [3.05, 3.63) is 12.7 Å². The van der Waals surface area contributed by atoms with Gasteiger partial charge >= 0.3 is 0 Å². The number of allylic oxidation sites excluding steroid dienone is 1. The molecule has 66 valence electrons. The van der Waals surface area contributed by atoms with Crippen LogP contribution in [0.25, 0.3) is 0 Å². The molecule has 0 spiro atoms. The van der Waals surface area contributed by atoms with Crippen molar-refractivity contribution in [1.29, 1.82) is 0 Å². The molecular weight excluding hydrogens is 132 g/mol. The van der Waals surface area contributed by atoms with E-state index in [1.807, 2.05) is 6.08 Å². The molecule has 0 aliphatic carbocycles. The Morgan fingerprint density at radius 1 is 1.18 bits per heavy atom. The van der Waals surface area contributed by atoms with Crippen LogP contribution >= 0.6 is 0 Å². The molecule has 0 aliphatic rings. The van der Waals surface area contributed by atoms with Crippen LogP contribution in [0.2, 0.25) is 0 Å². The zero-order valence-corrected chi connectivity index (χ0v) is 8.10. The molecule has 0 heterocycles. The molecule has 0 aromatic rings. The van der Waals surface area contributed by atoms with E-state index < -0.39 is 0 Å². The van der Waals surface area contributed by atoms with E-state index in [-0.39, 0.29) is 0 Å². The minimum atomic E-state index is 0.972. The number of unbranched alkanes of at least 4 members (excludes halogenated alkanes) is 2. The molecule has 0 radical (unpaired) electrons. The average Bonchev–Trinajstić information content (AvgIpc) is 2.05. The normalized spacial score (nSPS) is 10.5. The fourth-order valence-electron chi connectivity index (χ4n) is 1.42. The monoisotopic (exact) mass is 154 g/mol. The summed E-state index contributed by atoms with van der Waals surface area (Å²) in [5, 5.41) is 0. The Morgan fingerprint density at radius 3 is 2.27 bits per heavy atom. The third-order valence-electron chi connectivity index (χ3n) is 2.43. The summed E-state index contributed by atoms with van der Waals surface area (Å²) in [6.45, 7) is 8.30. The first-order valence-electron chi connectivity index (χ1n) is 4.96. The summed E-state index contributed by atoms with van der Waals surface area (Å²) < 4.78 is 0. The minimum Gasteiger partial charge on any atom is -0.103 e. The fraction of sp³-hybridized carbons (Fsp3) is 0.818. The van der Waals surface area contributed by atoms with Gasteiger partial charge in [0.15, 0.2) is 0 Å². The second-order valence-electron chi connectivity index (χ2n) is 3.26. The number of hydrogen-bond acceptors (Lipinski definition) is 0. The molecule has 0 unspecified atom stereocenters. The van der Waals surface area contributed by atoms with Crippen LogP contribution in [0.1, 0.15) is 52.4 Å². The lowest BCUT2D eigenvalue weighted by molar-refractivity contribution is 0.435. The smallest absolute Gasteiger partial charge is 0.0353 e. The molecular formula is C11H22. The van der Waals surface area contributed by atoms with Crippen molar-refractivity contribution >= 4 is 0 Å². The Morgan fingerprint density at radius 2 is 1.82 bits per heavy atom. The molecule has 0 saturated heterocycles. The Bertz CT molecular complexity index is 80.0. The second-order valence-corrected chi connectivity index (χ2v) is 3.26. The zero-order chi connectivity index (χ0) is 8.53. The lowest BCUT2D eigenvalue weighted by atomic mass is 9.96. The highest BCUT2D eigenvalue weighted by atomic mass is 14.1. The molecule has 0 nitrogen and oxygen atoms in total. The molecule has 0 N–H and O–H groups in total. The first-order chi connectivity index (χ1) is 5.35. The van der Waals surface area contributed by atoms with E-state index in [1.54, 1.807) is 0 Å². The maximum atomic E-state index is 3.72. The second kappa shape index (κ2) is 7.84. The summed E-state index contributed by atoms with van der Waals surface area (Å²) in [6.07, 6.45) is 10.1. The van der Waals surface area contributed by atoms with Crippen molar-refractivity contribution in [3.8, 4) is 0 Å². The van der Waals surface area contributed by atoms with Gasteiger partial charge in [-0.05, 0) is 18.8 Å². The molecule has 0 amide bonds. The lowest BCUT2D eigenvalue weighted by Crippen LogP contribution is -1.95. The van der Waals surface area contributed by atoms with Crippen molar-refractivity contribution in [2.75, 3.05) is 0 Å². The summed E-state index contributed by atoms with van der Waals surface area (Å²) in [7, 11) is 0. The molecule has 0 bridgehead atoms. The van der Waals surface area contributed by atoms with Gasteiger partial charge in [0.2, 0.25) is 0 Å². The van der Waals surface area contributed by atoms with Gasteiger partial charge in [-0.15, -0.1) is 6.58 Å². The fourth-order valence-corrected chi connectivity index (χ4v) is 1.42. The van der Waals surface area contributed by atoms with Gasteiger partial charge in [-0.2, -0.15) is 0 Å². The predicted molar refractivity (Wildman–Crippen MR) is 52.7 cm³/mol. The van der Waals surface area contributed by atoms with E-state index >= 15 is 0 Å². The summed E-state index contributed by atoms with van der Waals surface area (Å²) in [5.41, 5.74) is 0. The highest BCUT2D eigenvalue weighted by Gasteiger charge is 2.01. The third-order valence-corrected chi connectivity index (χ3v) is 2.43. The minimum absolute atomic E-state index is 0.972. The van der Waals surface area contributed by atoms with Crippen molar-refractivity contribution in [2.24, 2.45) is 5.92 Å². The molecule has 0 aliphatic heterocycles. The number of rotatable bonds is 7. The van der Waals surface area contributed by atoms with Crippen LogP contribution in [0.3, 0.4) is 0 Å². The van der Waals surface area contributed by atoms with E-state index in [9.17, 15) is 0 Å². The van der Waals surface area contributed by atoms with E-state index in [1.165, 1.54) is 38.5 Å². The van der Waals surface area contributed by atoms with Gasteiger partial charge in [-0.1, -0.05) is 45.6 Å². The molecule has 0 rings (SSSR count). The zero-order valence-electron chi connectivity index (χ0n) is 8.10. The third kappa shape index (κ3) is 6.15. The van der Waals surface area contributed by atoms with E-state index in [2.05, 4.69) is 20.4 Å². The van der Waals surface area contributed by atoms with Crippen molar-refractivity contribution in [3.63, 3.8) is 0 Å². The van der Waals surface area contributed by atoms with Crippen LogP contribution in [-0.4, -0.2) is 0 Å². The predicted octanol–water partition coefficient (Wildman–Crippen LogP) is 4.17. The highest BCUT2D eigenvalue weighted by molar-refractivity contribution is 4.66. The van der Waals surface area contributed by atoms with Crippen LogP contribution in [0.4, 0.5) is 0 Å². The molecule has 11 heavy (non-hydrogen) atoms. The largest absolute Gasteiger partial charge is 0.103 e. The van der Waals surface area contributed by atoms with Crippen LogP contribution < -0.4 is 0 Å². The van der Waals surface area contributed by atoms with Crippen molar-refractivity contribution < 1.29 is 0 Å². The van der Waals surface area contributed by atoms with Crippen LogP contribution in [-0.2, 0) is 0 Å². The highest BCUT2D eigenvalue weighted by Crippen LogP contribution is 2.16. The molecule has 0 atom stereocenters. The topological polar surface area (TPSA) is 0 Å². The van der Waals surface area contributed by atoms with Gasteiger partial charge in [-0.3, -0.25) is 0 Å². The van der Waals surface area contributed by atoms with E-state index in [0.717, 1.165) is 5.92 Å². The Kier molecular flexibility index (Phi) is 7.66. The van der Waals surface area contributed by atoms with E-state index in [4.69, 9.17) is 0 Å². The first kappa shape index (κ1) is 10.7. The maximum Gasteiger partial charge on any atom is -0.0353 e. The quantitative estimate of drug-likeness (QED) is 0.381. The van der Waals surface area contributed by atoms with Gasteiger partial charge in [-0.25, -0.2) is 0 Å². The van der Waals surface area contributed by atoms with Gasteiger partial charge in [0, 0.05) is 0 Å². The van der Waals surface area contributed by atoms with Gasteiger partial charge in [0.1, 0.15) is 0 Å².